The van der Waals surface area contributed by atoms with Crippen molar-refractivity contribution in [1.29, 1.82) is 0 Å². The fraction of sp³-hybridized carbons (Fsp3) is 0.577. The third-order valence-electron chi connectivity index (χ3n) is 6.66. The molecule has 1 aromatic carbocycles. The summed E-state index contributed by atoms with van der Waals surface area (Å²) in [6.07, 6.45) is 2.20. The number of amides is 3. The third-order valence-corrected chi connectivity index (χ3v) is 9.00. The molecule has 0 bridgehead atoms. The van der Waals surface area contributed by atoms with Crippen molar-refractivity contribution in [2.45, 2.75) is 83.9 Å². The number of hydrogen-bond acceptors (Lipinski definition) is 6. The van der Waals surface area contributed by atoms with Crippen molar-refractivity contribution in [3.63, 3.8) is 0 Å². The molecular formula is C26H37ClN4O6S. The number of likely N-dealkylation sites (tertiary alicyclic amines) is 1. The fourth-order valence-corrected chi connectivity index (χ4v) is 6.58. The number of piperidine rings is 1. The summed E-state index contributed by atoms with van der Waals surface area (Å²) in [4.78, 5) is 40.1. The molecule has 0 aromatic heterocycles. The van der Waals surface area contributed by atoms with Crippen LogP contribution < -0.4 is 10.6 Å². The van der Waals surface area contributed by atoms with Gasteiger partial charge >= 0.3 is 6.09 Å². The van der Waals surface area contributed by atoms with E-state index in [1.165, 1.54) is 18.5 Å². The zero-order valence-corrected chi connectivity index (χ0v) is 24.5. The maximum Gasteiger partial charge on any atom is 0.410 e. The van der Waals surface area contributed by atoms with Gasteiger partial charge in [-0.3, -0.25) is 13.9 Å². The fourth-order valence-electron chi connectivity index (χ4n) is 4.62. The van der Waals surface area contributed by atoms with E-state index in [9.17, 15) is 22.8 Å². The SMILES string of the molecule is Cc1cc(S(=O)(=O)N2C=CNC(=O)[C@H]2CC(=O)N[C@H]2CCN(C(=O)OC(C)(C)C)CC2(C)C)c(C)cc1Cl. The number of rotatable bonds is 5. The summed E-state index contributed by atoms with van der Waals surface area (Å²) in [5.74, 6) is -1.07. The van der Waals surface area contributed by atoms with Crippen molar-refractivity contribution < 1.29 is 27.5 Å². The van der Waals surface area contributed by atoms with Gasteiger partial charge in [-0.2, -0.15) is 0 Å². The normalized spacial score (nSPS) is 21.6. The Morgan fingerprint density at radius 3 is 2.47 bits per heavy atom. The van der Waals surface area contributed by atoms with Crippen LogP contribution in [-0.4, -0.2) is 66.3 Å². The predicted octanol–water partition coefficient (Wildman–Crippen LogP) is 3.46. The van der Waals surface area contributed by atoms with Gasteiger partial charge in [-0.15, -0.1) is 0 Å². The van der Waals surface area contributed by atoms with Crippen LogP contribution in [-0.2, 0) is 24.3 Å². The van der Waals surface area contributed by atoms with E-state index >= 15 is 0 Å². The van der Waals surface area contributed by atoms with Crippen LogP contribution in [0.2, 0.25) is 5.02 Å². The molecule has 0 aliphatic carbocycles. The van der Waals surface area contributed by atoms with E-state index in [4.69, 9.17) is 16.3 Å². The molecule has 0 radical (unpaired) electrons. The van der Waals surface area contributed by atoms with E-state index in [-0.39, 0.29) is 17.4 Å². The number of ether oxygens (including phenoxy) is 1. The lowest BCUT2D eigenvalue weighted by atomic mass is 9.79. The summed E-state index contributed by atoms with van der Waals surface area (Å²) in [5, 5.41) is 5.90. The minimum atomic E-state index is -4.16. The zero-order chi connectivity index (χ0) is 28.6. The van der Waals surface area contributed by atoms with Crippen LogP contribution in [0.4, 0.5) is 4.79 Å². The molecule has 210 valence electrons. The van der Waals surface area contributed by atoms with Crippen LogP contribution in [0.1, 0.15) is 58.6 Å². The summed E-state index contributed by atoms with van der Waals surface area (Å²) < 4.78 is 33.6. The smallest absolute Gasteiger partial charge is 0.410 e. The van der Waals surface area contributed by atoms with E-state index in [0.29, 0.717) is 35.7 Å². The molecule has 0 unspecified atom stereocenters. The van der Waals surface area contributed by atoms with Gasteiger partial charge < -0.3 is 20.3 Å². The molecule has 2 heterocycles. The first-order valence-corrected chi connectivity index (χ1v) is 14.3. The molecule has 2 aliphatic heterocycles. The molecule has 1 fully saturated rings. The lowest BCUT2D eigenvalue weighted by Gasteiger charge is -2.44. The molecule has 2 N–H and O–H groups in total. The Morgan fingerprint density at radius 2 is 1.87 bits per heavy atom. The van der Waals surface area contributed by atoms with E-state index in [1.54, 1.807) is 45.6 Å². The predicted molar refractivity (Wildman–Crippen MR) is 144 cm³/mol. The summed E-state index contributed by atoms with van der Waals surface area (Å²) >= 11 is 6.14. The lowest BCUT2D eigenvalue weighted by Crippen LogP contribution is -2.58. The van der Waals surface area contributed by atoms with E-state index in [2.05, 4.69) is 10.6 Å². The molecule has 10 nitrogen and oxygen atoms in total. The van der Waals surface area contributed by atoms with Crippen LogP contribution in [0.3, 0.4) is 0 Å². The van der Waals surface area contributed by atoms with Gasteiger partial charge in [0.1, 0.15) is 11.6 Å². The highest BCUT2D eigenvalue weighted by Gasteiger charge is 2.42. The van der Waals surface area contributed by atoms with Gasteiger partial charge in [-0.05, 0) is 64.3 Å². The highest BCUT2D eigenvalue weighted by Crippen LogP contribution is 2.32. The maximum atomic E-state index is 13.6. The molecule has 3 rings (SSSR count). The highest BCUT2D eigenvalue weighted by molar-refractivity contribution is 7.89. The molecule has 38 heavy (non-hydrogen) atoms. The Hall–Kier alpha value is -2.79. The molecule has 2 aliphatic rings. The number of nitrogens with zero attached hydrogens (tertiary/aromatic N) is 2. The first kappa shape index (κ1) is 29.8. The van der Waals surface area contributed by atoms with Gasteiger partial charge in [-0.25, -0.2) is 13.2 Å². The van der Waals surface area contributed by atoms with Crippen molar-refractivity contribution in [2.24, 2.45) is 5.41 Å². The van der Waals surface area contributed by atoms with Crippen molar-refractivity contribution in [3.05, 3.63) is 40.7 Å². The van der Waals surface area contributed by atoms with Gasteiger partial charge in [0.15, 0.2) is 0 Å². The van der Waals surface area contributed by atoms with Gasteiger partial charge in [0.05, 0.1) is 11.3 Å². The van der Waals surface area contributed by atoms with Crippen LogP contribution in [0.5, 0.6) is 0 Å². The Morgan fingerprint density at radius 1 is 1.21 bits per heavy atom. The molecular weight excluding hydrogens is 532 g/mol. The lowest BCUT2D eigenvalue weighted by molar-refractivity contribution is -0.130. The number of nitrogens with one attached hydrogen (secondary N) is 2. The van der Waals surface area contributed by atoms with Gasteiger partial charge in [0, 0.05) is 42.0 Å². The highest BCUT2D eigenvalue weighted by atomic mass is 35.5. The molecule has 3 amide bonds. The van der Waals surface area contributed by atoms with Gasteiger partial charge in [-0.1, -0.05) is 25.4 Å². The Bertz CT molecular complexity index is 1250. The second-order valence-corrected chi connectivity index (χ2v) is 13.8. The van der Waals surface area contributed by atoms with Crippen LogP contribution >= 0.6 is 11.6 Å². The standard InChI is InChI=1S/C26H37ClN4O6S/c1-16-13-20(17(2)12-18(16)27)38(35,36)31-11-9-28-23(33)19(31)14-22(32)29-21-8-10-30(15-26(21,6)7)24(34)37-25(3,4)5/h9,11-13,19,21H,8,10,14-15H2,1-7H3,(H,28,33)(H,29,32)/t19-,21+/m1/s1. The van der Waals surface area contributed by atoms with E-state index in [1.807, 2.05) is 13.8 Å². The van der Waals surface area contributed by atoms with Crippen molar-refractivity contribution in [2.75, 3.05) is 13.1 Å². The summed E-state index contributed by atoms with van der Waals surface area (Å²) in [5.41, 5.74) is -0.0859. The van der Waals surface area contributed by atoms with E-state index < -0.39 is 45.0 Å². The number of carbonyl (C=O) groups excluding carboxylic acids is 3. The largest absolute Gasteiger partial charge is 0.444 e. The van der Waals surface area contributed by atoms with Crippen molar-refractivity contribution in [1.82, 2.24) is 19.8 Å². The number of hydrogen-bond donors (Lipinski definition) is 2. The van der Waals surface area contributed by atoms with Crippen molar-refractivity contribution in [3.8, 4) is 0 Å². The van der Waals surface area contributed by atoms with E-state index in [0.717, 1.165) is 4.31 Å². The number of aryl methyl sites for hydroxylation is 2. The summed E-state index contributed by atoms with van der Waals surface area (Å²) in [6, 6.07) is 1.46. The van der Waals surface area contributed by atoms with Gasteiger partial charge in [0.2, 0.25) is 11.8 Å². The van der Waals surface area contributed by atoms with Gasteiger partial charge in [0.25, 0.3) is 10.0 Å². The van der Waals surface area contributed by atoms with Crippen LogP contribution in [0, 0.1) is 19.3 Å². The summed E-state index contributed by atoms with van der Waals surface area (Å²) in [7, 11) is -4.16. The zero-order valence-electron chi connectivity index (χ0n) is 22.9. The first-order chi connectivity index (χ1) is 17.4. The van der Waals surface area contributed by atoms with Crippen molar-refractivity contribution >= 4 is 39.5 Å². The van der Waals surface area contributed by atoms with Crippen LogP contribution in [0.25, 0.3) is 0 Å². The maximum absolute atomic E-state index is 13.6. The van der Waals surface area contributed by atoms with Crippen LogP contribution in [0.15, 0.2) is 29.4 Å². The Labute approximate surface area is 229 Å². The minimum Gasteiger partial charge on any atom is -0.444 e. The monoisotopic (exact) mass is 568 g/mol. The summed E-state index contributed by atoms with van der Waals surface area (Å²) in [6.45, 7) is 13.4. The molecule has 1 saturated heterocycles. The minimum absolute atomic E-state index is 0.0137. The third kappa shape index (κ3) is 6.61. The molecule has 1 aromatic rings. The second kappa shape index (κ2) is 10.8. The average Bonchev–Trinajstić information content (AvgIpc) is 2.77. The molecule has 0 spiro atoms. The number of sulfonamides is 1. The molecule has 0 saturated carbocycles. The second-order valence-electron chi connectivity index (χ2n) is 11.5. The topological polar surface area (TPSA) is 125 Å². The number of carbonyl (C=O) groups is 3. The number of benzene rings is 1. The quantitative estimate of drug-likeness (QED) is 0.560. The Balaban J connectivity index is 1.74. The average molecular weight is 569 g/mol. The first-order valence-electron chi connectivity index (χ1n) is 12.5. The number of halogens is 1. The molecule has 2 atom stereocenters. The Kier molecular flexibility index (Phi) is 8.43. The molecule has 12 heteroatoms.